The highest BCUT2D eigenvalue weighted by atomic mass is 32.2. The summed E-state index contributed by atoms with van der Waals surface area (Å²) in [5.41, 5.74) is -0.206. The first-order valence-electron chi connectivity index (χ1n) is 7.08. The molecule has 0 bridgehead atoms. The number of hydrogen-bond acceptors (Lipinski definition) is 3. The molecule has 1 aliphatic rings. The molecule has 1 fully saturated rings. The lowest BCUT2D eigenvalue weighted by molar-refractivity contribution is 0.294. The molecule has 1 rings (SSSR count). The fraction of sp³-hybridized carbons (Fsp3) is 1.00. The van der Waals surface area contributed by atoms with Crippen molar-refractivity contribution in [3.05, 3.63) is 0 Å². The maximum absolute atomic E-state index is 12.0. The standard InChI is InChI=1S/C13H28N2O2S/c1-12(2)14-10-7-11-18(16,17)15-13(3)8-5-4-6-9-13/h12,14-15H,4-11H2,1-3H3. The lowest BCUT2D eigenvalue weighted by Gasteiger charge is -2.34. The van der Waals surface area contributed by atoms with E-state index in [1.54, 1.807) is 0 Å². The van der Waals surface area contributed by atoms with Gasteiger partial charge in [0.1, 0.15) is 0 Å². The molecule has 1 saturated carbocycles. The lowest BCUT2D eigenvalue weighted by atomic mass is 9.84. The number of rotatable bonds is 7. The second kappa shape index (κ2) is 6.87. The van der Waals surface area contributed by atoms with Gasteiger partial charge in [-0.25, -0.2) is 13.1 Å². The Kier molecular flexibility index (Phi) is 6.08. The van der Waals surface area contributed by atoms with Crippen LogP contribution in [0.2, 0.25) is 0 Å². The summed E-state index contributed by atoms with van der Waals surface area (Å²) in [5.74, 6) is 0.225. The van der Waals surface area contributed by atoms with E-state index in [1.165, 1.54) is 6.42 Å². The number of sulfonamides is 1. The van der Waals surface area contributed by atoms with Crippen molar-refractivity contribution in [2.75, 3.05) is 12.3 Å². The molecule has 0 spiro atoms. The Balaban J connectivity index is 2.34. The Morgan fingerprint density at radius 3 is 2.33 bits per heavy atom. The van der Waals surface area contributed by atoms with Gasteiger partial charge in [-0.15, -0.1) is 0 Å². The van der Waals surface area contributed by atoms with Gasteiger partial charge in [-0.05, 0) is 32.7 Å². The van der Waals surface area contributed by atoms with Crippen molar-refractivity contribution in [3.63, 3.8) is 0 Å². The van der Waals surface area contributed by atoms with Crippen molar-refractivity contribution in [1.82, 2.24) is 10.0 Å². The third-order valence-corrected chi connectivity index (χ3v) is 5.13. The summed E-state index contributed by atoms with van der Waals surface area (Å²) in [4.78, 5) is 0. The minimum atomic E-state index is -3.13. The fourth-order valence-corrected chi connectivity index (χ4v) is 4.09. The third-order valence-electron chi connectivity index (χ3n) is 3.50. The Morgan fingerprint density at radius 2 is 1.78 bits per heavy atom. The van der Waals surface area contributed by atoms with E-state index in [0.717, 1.165) is 32.2 Å². The molecule has 2 N–H and O–H groups in total. The van der Waals surface area contributed by atoms with Crippen LogP contribution in [0.3, 0.4) is 0 Å². The largest absolute Gasteiger partial charge is 0.314 e. The summed E-state index contributed by atoms with van der Waals surface area (Å²) in [6.07, 6.45) is 6.11. The monoisotopic (exact) mass is 276 g/mol. The summed E-state index contributed by atoms with van der Waals surface area (Å²) in [6.45, 7) is 6.93. The molecule has 0 aliphatic heterocycles. The Labute approximate surface area is 112 Å². The van der Waals surface area contributed by atoms with E-state index in [-0.39, 0.29) is 11.3 Å². The van der Waals surface area contributed by atoms with E-state index >= 15 is 0 Å². The van der Waals surface area contributed by atoms with Gasteiger partial charge < -0.3 is 5.32 Å². The van der Waals surface area contributed by atoms with Crippen molar-refractivity contribution in [1.29, 1.82) is 0 Å². The molecule has 0 saturated heterocycles. The number of hydrogen-bond donors (Lipinski definition) is 2. The van der Waals surface area contributed by atoms with Crippen LogP contribution in [0.4, 0.5) is 0 Å². The highest BCUT2D eigenvalue weighted by molar-refractivity contribution is 7.89. The highest BCUT2D eigenvalue weighted by Crippen LogP contribution is 2.28. The first kappa shape index (κ1) is 15.9. The van der Waals surface area contributed by atoms with E-state index < -0.39 is 10.0 Å². The first-order valence-corrected chi connectivity index (χ1v) is 8.73. The summed E-state index contributed by atoms with van der Waals surface area (Å²) in [6, 6.07) is 0.413. The Morgan fingerprint density at radius 1 is 1.17 bits per heavy atom. The molecule has 0 aromatic rings. The lowest BCUT2D eigenvalue weighted by Crippen LogP contribution is -2.48. The van der Waals surface area contributed by atoms with Gasteiger partial charge in [-0.2, -0.15) is 0 Å². The minimum Gasteiger partial charge on any atom is -0.314 e. The second-order valence-electron chi connectivity index (χ2n) is 6.00. The van der Waals surface area contributed by atoms with Crippen molar-refractivity contribution in [3.8, 4) is 0 Å². The quantitative estimate of drug-likeness (QED) is 0.699. The summed E-state index contributed by atoms with van der Waals surface area (Å²) in [7, 11) is -3.13. The van der Waals surface area contributed by atoms with Crippen molar-refractivity contribution in [2.45, 2.75) is 70.9 Å². The van der Waals surface area contributed by atoms with Crippen LogP contribution >= 0.6 is 0 Å². The molecule has 0 aromatic carbocycles. The molecular weight excluding hydrogens is 248 g/mol. The average molecular weight is 276 g/mol. The Bertz CT molecular complexity index is 333. The van der Waals surface area contributed by atoms with Gasteiger partial charge in [0.05, 0.1) is 5.75 Å². The summed E-state index contributed by atoms with van der Waals surface area (Å²) >= 11 is 0. The topological polar surface area (TPSA) is 58.2 Å². The molecule has 0 aromatic heterocycles. The molecule has 0 amide bonds. The van der Waals surface area contributed by atoms with Gasteiger partial charge in [-0.3, -0.25) is 0 Å². The van der Waals surface area contributed by atoms with Crippen molar-refractivity contribution >= 4 is 10.0 Å². The molecular formula is C13H28N2O2S. The Hall–Kier alpha value is -0.130. The maximum atomic E-state index is 12.0. The zero-order valence-corrected chi connectivity index (χ0v) is 12.8. The van der Waals surface area contributed by atoms with Gasteiger partial charge in [0, 0.05) is 11.6 Å². The van der Waals surface area contributed by atoms with Crippen LogP contribution in [0.25, 0.3) is 0 Å². The van der Waals surface area contributed by atoms with E-state index in [0.29, 0.717) is 12.5 Å². The molecule has 4 nitrogen and oxygen atoms in total. The SMILES string of the molecule is CC(C)NCCCS(=O)(=O)NC1(C)CCCCC1. The van der Waals surface area contributed by atoms with Crippen LogP contribution < -0.4 is 10.0 Å². The van der Waals surface area contributed by atoms with Crippen molar-refractivity contribution < 1.29 is 8.42 Å². The predicted molar refractivity (Wildman–Crippen MR) is 76.2 cm³/mol. The van der Waals surface area contributed by atoms with Crippen LogP contribution in [-0.4, -0.2) is 32.3 Å². The van der Waals surface area contributed by atoms with Crippen LogP contribution in [0.1, 0.15) is 59.3 Å². The molecule has 0 heterocycles. The smallest absolute Gasteiger partial charge is 0.212 e. The van der Waals surface area contributed by atoms with E-state index in [9.17, 15) is 8.42 Å². The molecule has 5 heteroatoms. The van der Waals surface area contributed by atoms with Crippen LogP contribution in [-0.2, 0) is 10.0 Å². The van der Waals surface area contributed by atoms with Gasteiger partial charge >= 0.3 is 0 Å². The second-order valence-corrected chi connectivity index (χ2v) is 7.85. The van der Waals surface area contributed by atoms with Crippen LogP contribution in [0.5, 0.6) is 0 Å². The van der Waals surface area contributed by atoms with E-state index in [2.05, 4.69) is 23.9 Å². The molecule has 0 radical (unpaired) electrons. The summed E-state index contributed by atoms with van der Waals surface area (Å²) in [5, 5.41) is 3.24. The molecule has 0 atom stereocenters. The number of nitrogens with one attached hydrogen (secondary N) is 2. The predicted octanol–water partition coefficient (Wildman–Crippen LogP) is 2.02. The van der Waals surface area contributed by atoms with Gasteiger partial charge in [0.15, 0.2) is 0 Å². The van der Waals surface area contributed by atoms with E-state index in [4.69, 9.17) is 0 Å². The van der Waals surface area contributed by atoms with Gasteiger partial charge in [0.2, 0.25) is 10.0 Å². The summed E-state index contributed by atoms with van der Waals surface area (Å²) < 4.78 is 26.9. The zero-order valence-electron chi connectivity index (χ0n) is 12.0. The normalized spacial score (nSPS) is 20.2. The van der Waals surface area contributed by atoms with Gasteiger partial charge in [0.25, 0.3) is 0 Å². The van der Waals surface area contributed by atoms with Crippen molar-refractivity contribution in [2.24, 2.45) is 0 Å². The van der Waals surface area contributed by atoms with Crippen LogP contribution in [0.15, 0.2) is 0 Å². The van der Waals surface area contributed by atoms with Crippen LogP contribution in [0, 0.1) is 0 Å². The maximum Gasteiger partial charge on any atom is 0.212 e. The molecule has 18 heavy (non-hydrogen) atoms. The third kappa shape index (κ3) is 6.16. The average Bonchev–Trinajstić information content (AvgIpc) is 2.24. The molecule has 108 valence electrons. The highest BCUT2D eigenvalue weighted by Gasteiger charge is 2.30. The first-order chi connectivity index (χ1) is 8.33. The van der Waals surface area contributed by atoms with Gasteiger partial charge in [-0.1, -0.05) is 33.1 Å². The zero-order chi connectivity index (χ0) is 13.6. The molecule has 0 unspecified atom stereocenters. The van der Waals surface area contributed by atoms with E-state index in [1.807, 2.05) is 6.92 Å². The molecule has 1 aliphatic carbocycles. The minimum absolute atomic E-state index is 0.206. The fourth-order valence-electron chi connectivity index (χ4n) is 2.51.